The summed E-state index contributed by atoms with van der Waals surface area (Å²) in [4.78, 5) is 22.2. The summed E-state index contributed by atoms with van der Waals surface area (Å²) < 4.78 is 7.41. The zero-order valence-electron chi connectivity index (χ0n) is 19.8. The Hall–Kier alpha value is -4.61. The van der Waals surface area contributed by atoms with Gasteiger partial charge in [-0.25, -0.2) is 14.8 Å². The first kappa shape index (κ1) is 23.1. The molecule has 0 saturated carbocycles. The maximum absolute atomic E-state index is 12.8. The molecule has 5 aromatic rings. The second kappa shape index (κ2) is 9.94. The lowest BCUT2D eigenvalue weighted by molar-refractivity contribution is 0.0931. The van der Waals surface area contributed by atoms with Crippen molar-refractivity contribution in [3.8, 4) is 17.8 Å². The fraction of sp³-hybridized carbons (Fsp3) is 0.179. The molecule has 5 heterocycles. The van der Waals surface area contributed by atoms with Crippen LogP contribution in [0.15, 0.2) is 73.2 Å². The highest BCUT2D eigenvalue weighted by atomic mass is 16.5. The molecule has 0 saturated heterocycles. The molecular formula is C28H24N6O2. The largest absolute Gasteiger partial charge is 0.376 e. The topological polar surface area (TPSA) is 105 Å². The summed E-state index contributed by atoms with van der Waals surface area (Å²) in [5, 5.41) is 14.7. The predicted molar refractivity (Wildman–Crippen MR) is 136 cm³/mol. The van der Waals surface area contributed by atoms with E-state index in [-0.39, 0.29) is 11.8 Å². The standard InChI is InChI=1S/C27H23N5O2.CHN/c1-17-15-34-16-21-3-2-19(11-24(17)21)27(33)29-14-22-12-26-20(13-28-22)4-5-25(31-26)18-7-9-32-23(10-18)6-8-30-32;1-2/h2-13,17H,14-16H2,1H3,(H,29,33);1H. The summed E-state index contributed by atoms with van der Waals surface area (Å²) in [7, 11) is 0. The van der Waals surface area contributed by atoms with E-state index in [2.05, 4.69) is 35.0 Å². The maximum Gasteiger partial charge on any atom is 0.251 e. The first-order valence-corrected chi connectivity index (χ1v) is 11.6. The number of rotatable bonds is 4. The normalized spacial score (nSPS) is 14.6. The van der Waals surface area contributed by atoms with E-state index in [4.69, 9.17) is 15.0 Å². The van der Waals surface area contributed by atoms with Crippen LogP contribution in [0.3, 0.4) is 0 Å². The molecule has 178 valence electrons. The Morgan fingerprint density at radius 3 is 2.94 bits per heavy atom. The van der Waals surface area contributed by atoms with Crippen LogP contribution in [0.2, 0.25) is 0 Å². The SMILES string of the molecule is C#N.CC1COCc2ccc(C(=O)NCc3cc4nc(-c5ccn6nccc6c5)ccc4cn3)cc21. The van der Waals surface area contributed by atoms with Gasteiger partial charge >= 0.3 is 0 Å². The number of hydrogen-bond acceptors (Lipinski definition) is 6. The number of carbonyl (C=O) groups excluding carboxylic acids is 1. The van der Waals surface area contributed by atoms with Gasteiger partial charge in [-0.05, 0) is 59.7 Å². The predicted octanol–water partition coefficient (Wildman–Crippen LogP) is 4.65. The van der Waals surface area contributed by atoms with Gasteiger partial charge in [-0.15, -0.1) is 0 Å². The van der Waals surface area contributed by atoms with Crippen LogP contribution in [0.1, 0.15) is 40.0 Å². The summed E-state index contributed by atoms with van der Waals surface area (Å²) in [5.41, 5.74) is 7.52. The molecule has 8 heteroatoms. The van der Waals surface area contributed by atoms with E-state index < -0.39 is 0 Å². The number of pyridine rings is 3. The molecule has 1 atom stereocenters. The molecule has 0 fully saturated rings. The number of benzene rings is 1. The molecule has 0 spiro atoms. The highest BCUT2D eigenvalue weighted by Gasteiger charge is 2.18. The number of nitrogens with zero attached hydrogens (tertiary/aromatic N) is 5. The molecule has 1 unspecified atom stereocenters. The molecule has 1 N–H and O–H groups in total. The van der Waals surface area contributed by atoms with Crippen LogP contribution in [0, 0.1) is 11.8 Å². The molecule has 0 bridgehead atoms. The quantitative estimate of drug-likeness (QED) is 0.405. The summed E-state index contributed by atoms with van der Waals surface area (Å²) in [5.74, 6) is 0.174. The van der Waals surface area contributed by atoms with Crippen molar-refractivity contribution in [2.45, 2.75) is 26.0 Å². The highest BCUT2D eigenvalue weighted by Crippen LogP contribution is 2.27. The molecule has 0 radical (unpaired) electrons. The molecule has 1 aliphatic heterocycles. The van der Waals surface area contributed by atoms with E-state index in [0.29, 0.717) is 25.3 Å². The fourth-order valence-corrected chi connectivity index (χ4v) is 4.43. The van der Waals surface area contributed by atoms with Gasteiger partial charge in [0.15, 0.2) is 0 Å². The van der Waals surface area contributed by atoms with Gasteiger partial charge in [-0.3, -0.25) is 9.78 Å². The summed E-state index contributed by atoms with van der Waals surface area (Å²) in [6.45, 7) is 7.24. The van der Waals surface area contributed by atoms with E-state index in [0.717, 1.165) is 38.9 Å². The van der Waals surface area contributed by atoms with Gasteiger partial charge in [-0.1, -0.05) is 13.0 Å². The second-order valence-electron chi connectivity index (χ2n) is 8.69. The molecule has 6 rings (SSSR count). The van der Waals surface area contributed by atoms with Crippen molar-refractivity contribution in [1.82, 2.24) is 24.9 Å². The van der Waals surface area contributed by atoms with Crippen LogP contribution in [-0.2, 0) is 17.9 Å². The first-order valence-electron chi connectivity index (χ1n) is 11.6. The van der Waals surface area contributed by atoms with Gasteiger partial charge in [-0.2, -0.15) is 5.10 Å². The lowest BCUT2D eigenvalue weighted by Crippen LogP contribution is -2.24. The van der Waals surface area contributed by atoms with Crippen LogP contribution in [-0.4, -0.2) is 32.1 Å². The number of amides is 1. The van der Waals surface area contributed by atoms with Gasteiger partial charge in [0.2, 0.25) is 0 Å². The molecule has 1 aromatic carbocycles. The number of nitriles is 1. The second-order valence-corrected chi connectivity index (χ2v) is 8.69. The zero-order valence-corrected chi connectivity index (χ0v) is 19.8. The molecule has 36 heavy (non-hydrogen) atoms. The van der Waals surface area contributed by atoms with Crippen molar-refractivity contribution in [3.63, 3.8) is 0 Å². The third-order valence-electron chi connectivity index (χ3n) is 6.32. The van der Waals surface area contributed by atoms with Crippen molar-refractivity contribution in [3.05, 3.63) is 95.6 Å². The van der Waals surface area contributed by atoms with E-state index in [1.807, 2.05) is 59.2 Å². The maximum atomic E-state index is 12.8. The van der Waals surface area contributed by atoms with Crippen molar-refractivity contribution in [1.29, 1.82) is 5.26 Å². The number of aromatic nitrogens is 4. The third-order valence-corrected chi connectivity index (χ3v) is 6.32. The van der Waals surface area contributed by atoms with Gasteiger partial charge < -0.3 is 10.1 Å². The van der Waals surface area contributed by atoms with Gasteiger partial charge in [0.25, 0.3) is 5.91 Å². The lowest BCUT2D eigenvalue weighted by atomic mass is 9.92. The monoisotopic (exact) mass is 476 g/mol. The minimum atomic E-state index is -0.112. The molecular weight excluding hydrogens is 452 g/mol. The highest BCUT2D eigenvalue weighted by molar-refractivity contribution is 5.94. The smallest absolute Gasteiger partial charge is 0.251 e. The third kappa shape index (κ3) is 4.52. The van der Waals surface area contributed by atoms with E-state index in [9.17, 15) is 4.79 Å². The van der Waals surface area contributed by atoms with E-state index >= 15 is 0 Å². The lowest BCUT2D eigenvalue weighted by Gasteiger charge is -2.23. The Morgan fingerprint density at radius 2 is 2.06 bits per heavy atom. The summed E-state index contributed by atoms with van der Waals surface area (Å²) in [6, 6.07) is 17.8. The summed E-state index contributed by atoms with van der Waals surface area (Å²) in [6.07, 6.45) is 5.51. The Morgan fingerprint density at radius 1 is 1.17 bits per heavy atom. The molecule has 0 aliphatic carbocycles. The zero-order chi connectivity index (χ0) is 25.1. The first-order chi connectivity index (χ1) is 17.6. The molecule has 8 nitrogen and oxygen atoms in total. The van der Waals surface area contributed by atoms with Crippen LogP contribution in [0.5, 0.6) is 0 Å². The van der Waals surface area contributed by atoms with Gasteiger partial charge in [0.1, 0.15) is 0 Å². The minimum absolute atomic E-state index is 0.112. The number of nitrogens with one attached hydrogen (secondary N) is 1. The Balaban J connectivity index is 0.00000130. The van der Waals surface area contributed by atoms with Crippen molar-refractivity contribution < 1.29 is 9.53 Å². The van der Waals surface area contributed by atoms with E-state index in [1.165, 1.54) is 5.56 Å². The number of fused-ring (bicyclic) bond motifs is 3. The van der Waals surface area contributed by atoms with Crippen molar-refractivity contribution in [2.75, 3.05) is 6.61 Å². The fourth-order valence-electron chi connectivity index (χ4n) is 4.43. The Kier molecular flexibility index (Phi) is 6.39. The Labute approximate surface area is 208 Å². The van der Waals surface area contributed by atoms with Gasteiger partial charge in [0.05, 0.1) is 42.2 Å². The van der Waals surface area contributed by atoms with Crippen LogP contribution in [0.4, 0.5) is 0 Å². The van der Waals surface area contributed by atoms with Crippen LogP contribution < -0.4 is 5.32 Å². The number of ether oxygens (including phenoxy) is 1. The number of carbonyl (C=O) groups is 1. The minimum Gasteiger partial charge on any atom is -0.376 e. The average Bonchev–Trinajstić information content (AvgIpc) is 3.40. The summed E-state index contributed by atoms with van der Waals surface area (Å²) >= 11 is 0. The van der Waals surface area contributed by atoms with Crippen molar-refractivity contribution in [2.24, 2.45) is 0 Å². The molecule has 4 aromatic heterocycles. The van der Waals surface area contributed by atoms with Crippen molar-refractivity contribution >= 4 is 22.3 Å². The van der Waals surface area contributed by atoms with E-state index in [1.54, 1.807) is 12.4 Å². The molecule has 1 amide bonds. The Bertz CT molecular complexity index is 1590. The van der Waals surface area contributed by atoms with Gasteiger partial charge in [0, 0.05) is 47.6 Å². The van der Waals surface area contributed by atoms with Crippen LogP contribution in [0.25, 0.3) is 27.7 Å². The molecule has 1 aliphatic rings. The average molecular weight is 477 g/mol. The number of hydrogen-bond donors (Lipinski definition) is 1. The van der Waals surface area contributed by atoms with Crippen LogP contribution >= 0.6 is 0 Å².